The summed E-state index contributed by atoms with van der Waals surface area (Å²) in [4.78, 5) is 12.6. The predicted molar refractivity (Wildman–Crippen MR) is 145 cm³/mol. The van der Waals surface area contributed by atoms with Crippen molar-refractivity contribution in [2.75, 3.05) is 18.5 Å². The molecule has 1 N–H and O–H groups in total. The van der Waals surface area contributed by atoms with Gasteiger partial charge in [0.1, 0.15) is 30.5 Å². The van der Waals surface area contributed by atoms with Crippen LogP contribution in [-0.2, 0) is 13.2 Å². The number of halogens is 1. The predicted octanol–water partition coefficient (Wildman–Crippen LogP) is 7.25. The fourth-order valence-corrected chi connectivity index (χ4v) is 3.71. The number of hydrogen-bond acceptors (Lipinski definition) is 6. The minimum atomic E-state index is -0.346. The van der Waals surface area contributed by atoms with Gasteiger partial charge in [0, 0.05) is 10.2 Å². The highest BCUT2D eigenvalue weighted by molar-refractivity contribution is 9.10. The zero-order chi connectivity index (χ0) is 26.0. The molecule has 0 bridgehead atoms. The maximum absolute atomic E-state index is 12.6. The SMILES string of the molecule is CCOc1ccc(COc2ccc(NC(=O)c3ccc(COc4ccc(Br)cc4)o3)cc2)cc1OCC. The molecule has 0 radical (unpaired) electrons. The Bertz CT molecular complexity index is 1300. The van der Waals surface area contributed by atoms with Crippen LogP contribution < -0.4 is 24.3 Å². The van der Waals surface area contributed by atoms with Crippen LogP contribution in [0.3, 0.4) is 0 Å². The van der Waals surface area contributed by atoms with Gasteiger partial charge in [0.05, 0.1) is 13.2 Å². The van der Waals surface area contributed by atoms with Gasteiger partial charge in [0.25, 0.3) is 5.91 Å². The summed E-state index contributed by atoms with van der Waals surface area (Å²) >= 11 is 3.39. The first-order chi connectivity index (χ1) is 18.0. The lowest BCUT2D eigenvalue weighted by molar-refractivity contribution is 0.0992. The molecular formula is C29H28BrNO6. The molecule has 0 atom stereocenters. The quantitative estimate of drug-likeness (QED) is 0.195. The summed E-state index contributed by atoms with van der Waals surface area (Å²) in [5.41, 5.74) is 1.59. The van der Waals surface area contributed by atoms with Crippen LogP contribution in [-0.4, -0.2) is 19.1 Å². The molecule has 0 aliphatic rings. The van der Waals surface area contributed by atoms with Gasteiger partial charge in [-0.15, -0.1) is 0 Å². The van der Waals surface area contributed by atoms with Gasteiger partial charge in [-0.05, 0) is 92.2 Å². The van der Waals surface area contributed by atoms with Gasteiger partial charge >= 0.3 is 0 Å². The molecule has 0 aliphatic carbocycles. The van der Waals surface area contributed by atoms with Gasteiger partial charge in [-0.1, -0.05) is 22.0 Å². The van der Waals surface area contributed by atoms with E-state index >= 15 is 0 Å². The van der Waals surface area contributed by atoms with E-state index in [2.05, 4.69) is 21.2 Å². The van der Waals surface area contributed by atoms with Crippen LogP contribution in [0, 0.1) is 0 Å². The van der Waals surface area contributed by atoms with Crippen molar-refractivity contribution < 1.29 is 28.2 Å². The summed E-state index contributed by atoms with van der Waals surface area (Å²) in [6, 6.07) is 23.7. The van der Waals surface area contributed by atoms with E-state index in [0.29, 0.717) is 54.3 Å². The standard InChI is InChI=1S/C29H28BrNO6/c1-3-33-26-15-5-20(17-28(26)34-4-2)18-35-24-12-8-22(9-13-24)31-29(32)27-16-14-25(37-27)19-36-23-10-6-21(30)7-11-23/h5-17H,3-4,18-19H2,1-2H3,(H,31,32). The summed E-state index contributed by atoms with van der Waals surface area (Å²) in [6.07, 6.45) is 0. The molecule has 3 aromatic carbocycles. The van der Waals surface area contributed by atoms with Crippen LogP contribution in [0.2, 0.25) is 0 Å². The summed E-state index contributed by atoms with van der Waals surface area (Å²) < 4.78 is 29.5. The lowest BCUT2D eigenvalue weighted by Crippen LogP contribution is -2.10. The summed E-state index contributed by atoms with van der Waals surface area (Å²) in [7, 11) is 0. The van der Waals surface area contributed by atoms with E-state index < -0.39 is 0 Å². The van der Waals surface area contributed by atoms with E-state index in [1.807, 2.05) is 56.3 Å². The van der Waals surface area contributed by atoms with Crippen LogP contribution in [0.1, 0.15) is 35.7 Å². The Balaban J connectivity index is 1.28. The second-order valence-electron chi connectivity index (χ2n) is 7.92. The molecule has 1 aromatic heterocycles. The van der Waals surface area contributed by atoms with Crippen molar-refractivity contribution >= 4 is 27.5 Å². The van der Waals surface area contributed by atoms with E-state index in [0.717, 1.165) is 10.0 Å². The molecule has 0 saturated heterocycles. The van der Waals surface area contributed by atoms with E-state index in [1.54, 1.807) is 36.4 Å². The Labute approximate surface area is 224 Å². The Kier molecular flexibility index (Phi) is 9.10. The van der Waals surface area contributed by atoms with E-state index in [9.17, 15) is 4.79 Å². The van der Waals surface area contributed by atoms with Crippen molar-refractivity contribution in [1.82, 2.24) is 0 Å². The normalized spacial score (nSPS) is 10.6. The number of anilines is 1. The Morgan fingerprint density at radius 2 is 1.41 bits per heavy atom. The van der Waals surface area contributed by atoms with Gasteiger partial charge in [0.15, 0.2) is 17.3 Å². The Morgan fingerprint density at radius 3 is 2.11 bits per heavy atom. The molecule has 1 amide bonds. The van der Waals surface area contributed by atoms with Crippen LogP contribution in [0.15, 0.2) is 87.8 Å². The number of rotatable bonds is 12. The largest absolute Gasteiger partial charge is 0.490 e. The molecule has 0 unspecified atom stereocenters. The average Bonchev–Trinajstić information content (AvgIpc) is 3.39. The fourth-order valence-electron chi connectivity index (χ4n) is 3.44. The summed E-state index contributed by atoms with van der Waals surface area (Å²) in [5, 5.41) is 2.83. The highest BCUT2D eigenvalue weighted by Gasteiger charge is 2.12. The number of benzene rings is 3. The highest BCUT2D eigenvalue weighted by Crippen LogP contribution is 2.29. The lowest BCUT2D eigenvalue weighted by Gasteiger charge is -2.13. The molecule has 0 spiro atoms. The van der Waals surface area contributed by atoms with Crippen molar-refractivity contribution in [3.05, 3.63) is 100 Å². The van der Waals surface area contributed by atoms with Crippen molar-refractivity contribution in [3.63, 3.8) is 0 Å². The van der Waals surface area contributed by atoms with Gasteiger partial charge in [0.2, 0.25) is 0 Å². The molecule has 0 fully saturated rings. The van der Waals surface area contributed by atoms with Crippen molar-refractivity contribution in [2.24, 2.45) is 0 Å². The molecule has 1 heterocycles. The third-order valence-corrected chi connectivity index (χ3v) is 5.73. The third-order valence-electron chi connectivity index (χ3n) is 5.21. The molecule has 4 rings (SSSR count). The first-order valence-electron chi connectivity index (χ1n) is 11.9. The molecule has 0 saturated carbocycles. The number of ether oxygens (including phenoxy) is 4. The van der Waals surface area contributed by atoms with Gasteiger partial charge < -0.3 is 28.7 Å². The van der Waals surface area contributed by atoms with Gasteiger partial charge in [-0.25, -0.2) is 0 Å². The van der Waals surface area contributed by atoms with Crippen molar-refractivity contribution in [1.29, 1.82) is 0 Å². The van der Waals surface area contributed by atoms with E-state index in [4.69, 9.17) is 23.4 Å². The molecule has 192 valence electrons. The zero-order valence-corrected chi connectivity index (χ0v) is 22.2. The molecule has 0 aliphatic heterocycles. The maximum Gasteiger partial charge on any atom is 0.291 e. The second-order valence-corrected chi connectivity index (χ2v) is 8.84. The number of hydrogen-bond donors (Lipinski definition) is 1. The monoisotopic (exact) mass is 565 g/mol. The first-order valence-corrected chi connectivity index (χ1v) is 12.7. The Hall–Kier alpha value is -3.91. The van der Waals surface area contributed by atoms with Crippen LogP contribution in [0.25, 0.3) is 0 Å². The number of amides is 1. The molecule has 4 aromatic rings. The number of carbonyl (C=O) groups is 1. The summed E-state index contributed by atoms with van der Waals surface area (Å²) in [6.45, 7) is 5.59. The summed E-state index contributed by atoms with van der Waals surface area (Å²) in [5.74, 6) is 3.22. The highest BCUT2D eigenvalue weighted by atomic mass is 79.9. The van der Waals surface area contributed by atoms with Gasteiger partial charge in [-0.3, -0.25) is 4.79 Å². The number of carbonyl (C=O) groups excluding carboxylic acids is 1. The lowest BCUT2D eigenvalue weighted by atomic mass is 10.2. The topological polar surface area (TPSA) is 79.2 Å². The number of nitrogens with one attached hydrogen (secondary N) is 1. The van der Waals surface area contributed by atoms with Crippen molar-refractivity contribution in [3.8, 4) is 23.0 Å². The second kappa shape index (κ2) is 12.9. The number of furan rings is 1. The third kappa shape index (κ3) is 7.54. The van der Waals surface area contributed by atoms with Crippen molar-refractivity contribution in [2.45, 2.75) is 27.1 Å². The maximum atomic E-state index is 12.6. The van der Waals surface area contributed by atoms with Crippen LogP contribution in [0.4, 0.5) is 5.69 Å². The first kappa shape index (κ1) is 26.2. The zero-order valence-electron chi connectivity index (χ0n) is 20.7. The van der Waals surface area contributed by atoms with Crippen LogP contribution in [0.5, 0.6) is 23.0 Å². The molecule has 7 nitrogen and oxygen atoms in total. The molecule has 37 heavy (non-hydrogen) atoms. The minimum Gasteiger partial charge on any atom is -0.490 e. The fraction of sp³-hybridized carbons (Fsp3) is 0.207. The minimum absolute atomic E-state index is 0.204. The molecule has 8 heteroatoms. The average molecular weight is 566 g/mol. The van der Waals surface area contributed by atoms with E-state index in [1.165, 1.54) is 0 Å². The molecular weight excluding hydrogens is 538 g/mol. The van der Waals surface area contributed by atoms with Crippen LogP contribution >= 0.6 is 15.9 Å². The smallest absolute Gasteiger partial charge is 0.291 e. The van der Waals surface area contributed by atoms with E-state index in [-0.39, 0.29) is 18.3 Å². The Morgan fingerprint density at radius 1 is 0.757 bits per heavy atom. The van der Waals surface area contributed by atoms with Gasteiger partial charge in [-0.2, -0.15) is 0 Å².